The highest BCUT2D eigenvalue weighted by atomic mass is 32.2. The second-order valence-corrected chi connectivity index (χ2v) is 9.07. The molecule has 0 bridgehead atoms. The van der Waals surface area contributed by atoms with Crippen LogP contribution in [0.3, 0.4) is 0 Å². The summed E-state index contributed by atoms with van der Waals surface area (Å²) in [6.45, 7) is 4.19. The van der Waals surface area contributed by atoms with Gasteiger partial charge in [-0.15, -0.1) is 10.2 Å². The van der Waals surface area contributed by atoms with E-state index in [1.807, 2.05) is 31.1 Å². The summed E-state index contributed by atoms with van der Waals surface area (Å²) in [6, 6.07) is 4.36. The number of pyridine rings is 1. The van der Waals surface area contributed by atoms with Crippen molar-refractivity contribution in [3.05, 3.63) is 30.4 Å². The molecule has 1 saturated carbocycles. The third-order valence-electron chi connectivity index (χ3n) is 5.26. The Kier molecular flexibility index (Phi) is 6.26. The van der Waals surface area contributed by atoms with Crippen molar-refractivity contribution in [1.29, 1.82) is 0 Å². The molecule has 0 saturated heterocycles. The molecule has 9 heteroatoms. The van der Waals surface area contributed by atoms with Crippen LogP contribution in [-0.2, 0) is 0 Å². The molecule has 0 amide bonds. The first kappa shape index (κ1) is 20.7. The lowest BCUT2D eigenvalue weighted by atomic mass is 9.95. The van der Waals surface area contributed by atoms with Crippen molar-refractivity contribution in [3.63, 3.8) is 0 Å². The van der Waals surface area contributed by atoms with Crippen LogP contribution < -0.4 is 4.90 Å². The van der Waals surface area contributed by atoms with Gasteiger partial charge in [0.25, 0.3) is 0 Å². The Hall–Kier alpha value is -2.55. The summed E-state index contributed by atoms with van der Waals surface area (Å²) in [5.41, 5.74) is 1.03. The fourth-order valence-corrected chi connectivity index (χ4v) is 4.50. The maximum Gasteiger partial charge on any atom is 0.229 e. The van der Waals surface area contributed by atoms with Crippen LogP contribution in [0.4, 0.5) is 5.95 Å². The smallest absolute Gasteiger partial charge is 0.229 e. The molecular formula is C21H28N8S. The number of rotatable bonds is 6. The average molecular weight is 425 g/mol. The lowest BCUT2D eigenvalue weighted by Gasteiger charge is -2.25. The maximum absolute atomic E-state index is 4.70. The molecule has 4 rings (SSSR count). The van der Waals surface area contributed by atoms with E-state index in [2.05, 4.69) is 43.6 Å². The van der Waals surface area contributed by atoms with Gasteiger partial charge in [-0.05, 0) is 36.7 Å². The zero-order valence-corrected chi connectivity index (χ0v) is 18.8. The van der Waals surface area contributed by atoms with E-state index in [-0.39, 0.29) is 5.92 Å². The molecule has 1 fully saturated rings. The van der Waals surface area contributed by atoms with Gasteiger partial charge in [0.15, 0.2) is 11.0 Å². The number of anilines is 1. The summed E-state index contributed by atoms with van der Waals surface area (Å²) >= 11 is 1.47. The first-order chi connectivity index (χ1) is 14.5. The van der Waals surface area contributed by atoms with E-state index in [1.165, 1.54) is 31.0 Å². The van der Waals surface area contributed by atoms with Gasteiger partial charge < -0.3 is 4.90 Å². The highest BCUT2D eigenvalue weighted by Crippen LogP contribution is 2.37. The van der Waals surface area contributed by atoms with Crippen LogP contribution in [0, 0.1) is 0 Å². The SMILES string of the molecule is CC(C)c1nc(Sc2nnc(-c3ccncc3)n2C2CCCCC2)nc(N(C)C)n1. The van der Waals surface area contributed by atoms with Gasteiger partial charge in [-0.3, -0.25) is 9.55 Å². The van der Waals surface area contributed by atoms with Crippen LogP contribution in [0.15, 0.2) is 34.8 Å². The van der Waals surface area contributed by atoms with Gasteiger partial charge in [0.2, 0.25) is 11.1 Å². The largest absolute Gasteiger partial charge is 0.347 e. The maximum atomic E-state index is 4.70. The Bertz CT molecular complexity index is 954. The number of aromatic nitrogens is 7. The zero-order chi connectivity index (χ0) is 21.1. The molecule has 158 valence electrons. The van der Waals surface area contributed by atoms with Crippen molar-refractivity contribution in [1.82, 2.24) is 34.7 Å². The molecule has 30 heavy (non-hydrogen) atoms. The molecule has 1 aliphatic carbocycles. The molecule has 3 heterocycles. The first-order valence-corrected chi connectivity index (χ1v) is 11.3. The minimum Gasteiger partial charge on any atom is -0.347 e. The summed E-state index contributed by atoms with van der Waals surface area (Å²) < 4.78 is 2.29. The lowest BCUT2D eigenvalue weighted by Crippen LogP contribution is -2.17. The molecule has 0 atom stereocenters. The molecule has 3 aromatic heterocycles. The monoisotopic (exact) mass is 424 g/mol. The average Bonchev–Trinajstić information content (AvgIpc) is 3.18. The van der Waals surface area contributed by atoms with Crippen LogP contribution in [0.5, 0.6) is 0 Å². The zero-order valence-electron chi connectivity index (χ0n) is 18.0. The number of hydrogen-bond donors (Lipinski definition) is 0. The van der Waals surface area contributed by atoms with Gasteiger partial charge >= 0.3 is 0 Å². The molecule has 3 aromatic rings. The van der Waals surface area contributed by atoms with Gasteiger partial charge in [-0.2, -0.15) is 9.97 Å². The van der Waals surface area contributed by atoms with Gasteiger partial charge in [-0.1, -0.05) is 33.1 Å². The Morgan fingerprint density at radius 3 is 2.40 bits per heavy atom. The van der Waals surface area contributed by atoms with Gasteiger partial charge in [0, 0.05) is 44.0 Å². The van der Waals surface area contributed by atoms with Gasteiger partial charge in [-0.25, -0.2) is 4.98 Å². The van der Waals surface area contributed by atoms with E-state index < -0.39 is 0 Å². The lowest BCUT2D eigenvalue weighted by molar-refractivity contribution is 0.339. The highest BCUT2D eigenvalue weighted by Gasteiger charge is 2.25. The molecule has 0 aliphatic heterocycles. The Morgan fingerprint density at radius 2 is 1.73 bits per heavy atom. The summed E-state index contributed by atoms with van der Waals surface area (Å²) in [7, 11) is 3.89. The van der Waals surface area contributed by atoms with E-state index >= 15 is 0 Å². The molecule has 0 unspecified atom stereocenters. The number of nitrogens with zero attached hydrogens (tertiary/aromatic N) is 8. The van der Waals surface area contributed by atoms with Gasteiger partial charge in [0.1, 0.15) is 5.82 Å². The quantitative estimate of drug-likeness (QED) is 0.577. The van der Waals surface area contributed by atoms with Crippen molar-refractivity contribution in [3.8, 4) is 11.4 Å². The Balaban J connectivity index is 1.75. The van der Waals surface area contributed by atoms with Crippen molar-refractivity contribution in [2.45, 2.75) is 68.2 Å². The second-order valence-electron chi connectivity index (χ2n) is 8.13. The molecular weight excluding hydrogens is 396 g/mol. The molecule has 0 radical (unpaired) electrons. The molecule has 0 spiro atoms. The van der Waals surface area contributed by atoms with Crippen LogP contribution in [0.2, 0.25) is 0 Å². The molecule has 8 nitrogen and oxygen atoms in total. The summed E-state index contributed by atoms with van der Waals surface area (Å²) in [5, 5.41) is 10.6. The van der Waals surface area contributed by atoms with E-state index in [0.29, 0.717) is 17.1 Å². The predicted molar refractivity (Wildman–Crippen MR) is 118 cm³/mol. The second kappa shape index (κ2) is 9.07. The minimum absolute atomic E-state index is 0.217. The summed E-state index contributed by atoms with van der Waals surface area (Å²) in [4.78, 5) is 20.0. The van der Waals surface area contributed by atoms with Crippen LogP contribution in [0.25, 0.3) is 11.4 Å². The Morgan fingerprint density at radius 1 is 1.00 bits per heavy atom. The molecule has 0 aromatic carbocycles. The summed E-state index contributed by atoms with van der Waals surface area (Å²) in [6.07, 6.45) is 9.64. The van der Waals surface area contributed by atoms with E-state index in [1.54, 1.807) is 12.4 Å². The normalized spacial score (nSPS) is 15.0. The Labute approximate surface area is 181 Å². The van der Waals surface area contributed by atoms with Crippen LogP contribution in [0.1, 0.15) is 63.7 Å². The van der Waals surface area contributed by atoms with Gasteiger partial charge in [0.05, 0.1) is 0 Å². The first-order valence-electron chi connectivity index (χ1n) is 10.5. The fourth-order valence-electron chi connectivity index (χ4n) is 3.66. The minimum atomic E-state index is 0.217. The van der Waals surface area contributed by atoms with Crippen molar-refractivity contribution < 1.29 is 0 Å². The third kappa shape index (κ3) is 4.45. The van der Waals surface area contributed by atoms with E-state index in [0.717, 1.165) is 35.2 Å². The van der Waals surface area contributed by atoms with Crippen LogP contribution >= 0.6 is 11.8 Å². The standard InChI is InChI=1S/C21H28N8S/c1-14(2)17-23-19(28(3)4)25-20(24-17)30-21-27-26-18(15-10-12-22-13-11-15)29(21)16-8-6-5-7-9-16/h10-14,16H,5-9H2,1-4H3. The van der Waals surface area contributed by atoms with E-state index in [4.69, 9.17) is 4.98 Å². The molecule has 0 N–H and O–H groups in total. The van der Waals surface area contributed by atoms with E-state index in [9.17, 15) is 0 Å². The highest BCUT2D eigenvalue weighted by molar-refractivity contribution is 7.99. The van der Waals surface area contributed by atoms with Crippen molar-refractivity contribution >= 4 is 17.7 Å². The predicted octanol–water partition coefficient (Wildman–Crippen LogP) is 4.37. The van der Waals surface area contributed by atoms with Crippen LogP contribution in [-0.4, -0.2) is 48.8 Å². The topological polar surface area (TPSA) is 85.5 Å². The number of hydrogen-bond acceptors (Lipinski definition) is 8. The third-order valence-corrected chi connectivity index (χ3v) is 6.09. The van der Waals surface area contributed by atoms with Crippen molar-refractivity contribution in [2.75, 3.05) is 19.0 Å². The summed E-state index contributed by atoms with van der Waals surface area (Å²) in [5.74, 6) is 2.55. The fraction of sp³-hybridized carbons (Fsp3) is 0.524. The van der Waals surface area contributed by atoms with Crippen molar-refractivity contribution in [2.24, 2.45) is 0 Å². The molecule has 1 aliphatic rings.